The molecule has 0 spiro atoms. The van der Waals surface area contributed by atoms with Gasteiger partial charge in [-0.05, 0) is 50.1 Å². The second-order valence-electron chi connectivity index (χ2n) is 6.73. The summed E-state index contributed by atoms with van der Waals surface area (Å²) in [6.07, 6.45) is 7.16. The zero-order valence-electron chi connectivity index (χ0n) is 11.9. The molecule has 0 aromatic rings. The molecule has 0 bridgehead atoms. The zero-order valence-corrected chi connectivity index (χ0v) is 11.9. The molecule has 2 rings (SSSR count). The van der Waals surface area contributed by atoms with Crippen molar-refractivity contribution >= 4 is 5.91 Å². The molecule has 2 unspecified atom stereocenters. The third-order valence-corrected chi connectivity index (χ3v) is 4.84. The van der Waals surface area contributed by atoms with E-state index in [1.165, 1.54) is 25.7 Å². The maximum absolute atomic E-state index is 12.3. The van der Waals surface area contributed by atoms with Crippen LogP contribution in [0.3, 0.4) is 0 Å². The molecule has 0 aromatic carbocycles. The van der Waals surface area contributed by atoms with E-state index in [9.17, 15) is 4.79 Å². The molecule has 1 aliphatic carbocycles. The van der Waals surface area contributed by atoms with Gasteiger partial charge >= 0.3 is 0 Å². The Morgan fingerprint density at radius 2 is 2.17 bits per heavy atom. The summed E-state index contributed by atoms with van der Waals surface area (Å²) in [6.45, 7) is 7.63. The average Bonchev–Trinajstić information content (AvgIpc) is 2.81. The lowest BCUT2D eigenvalue weighted by Gasteiger charge is -2.37. The highest BCUT2D eigenvalue weighted by atomic mass is 16.1. The second-order valence-corrected chi connectivity index (χ2v) is 6.73. The van der Waals surface area contributed by atoms with Crippen LogP contribution in [0.25, 0.3) is 0 Å². The van der Waals surface area contributed by atoms with E-state index in [2.05, 4.69) is 24.5 Å². The van der Waals surface area contributed by atoms with Gasteiger partial charge in [-0.3, -0.25) is 4.79 Å². The van der Waals surface area contributed by atoms with Gasteiger partial charge in [0, 0.05) is 12.5 Å². The van der Waals surface area contributed by atoms with Crippen LogP contribution in [0.4, 0.5) is 0 Å². The van der Waals surface area contributed by atoms with Gasteiger partial charge in [0.1, 0.15) is 0 Å². The first-order chi connectivity index (χ1) is 8.59. The highest BCUT2D eigenvalue weighted by Crippen LogP contribution is 2.40. The van der Waals surface area contributed by atoms with E-state index in [0.29, 0.717) is 5.91 Å². The molecule has 3 nitrogen and oxygen atoms in total. The Hall–Kier alpha value is -0.570. The van der Waals surface area contributed by atoms with Crippen LogP contribution < -0.4 is 10.6 Å². The second kappa shape index (κ2) is 6.05. The van der Waals surface area contributed by atoms with Gasteiger partial charge < -0.3 is 10.6 Å². The van der Waals surface area contributed by atoms with E-state index in [4.69, 9.17) is 0 Å². The van der Waals surface area contributed by atoms with Crippen LogP contribution >= 0.6 is 0 Å². The Labute approximate surface area is 111 Å². The molecule has 2 atom stereocenters. The van der Waals surface area contributed by atoms with Crippen LogP contribution in [-0.4, -0.2) is 25.5 Å². The van der Waals surface area contributed by atoms with E-state index in [1.54, 1.807) is 0 Å². The molecule has 1 saturated carbocycles. The molecule has 0 radical (unpaired) electrons. The fourth-order valence-electron chi connectivity index (χ4n) is 3.46. The fourth-order valence-corrected chi connectivity index (χ4v) is 3.46. The minimum absolute atomic E-state index is 0.192. The van der Waals surface area contributed by atoms with Crippen molar-refractivity contribution in [3.63, 3.8) is 0 Å². The van der Waals surface area contributed by atoms with Crippen LogP contribution in [-0.2, 0) is 4.79 Å². The number of nitrogens with one attached hydrogen (secondary N) is 2. The van der Waals surface area contributed by atoms with Crippen molar-refractivity contribution in [1.29, 1.82) is 0 Å². The summed E-state index contributed by atoms with van der Waals surface area (Å²) in [5.41, 5.74) is 0.192. The lowest BCUT2D eigenvalue weighted by atomic mass is 9.68. The maximum atomic E-state index is 12.3. The number of rotatable bonds is 4. The third kappa shape index (κ3) is 3.47. The molecule has 1 saturated heterocycles. The first kappa shape index (κ1) is 13.9. The Morgan fingerprint density at radius 3 is 2.83 bits per heavy atom. The molecule has 2 aliphatic rings. The van der Waals surface area contributed by atoms with Crippen molar-refractivity contribution in [3.8, 4) is 0 Å². The monoisotopic (exact) mass is 252 g/mol. The molecule has 2 fully saturated rings. The number of carbonyl (C=O) groups is 1. The van der Waals surface area contributed by atoms with Gasteiger partial charge in [-0.15, -0.1) is 0 Å². The van der Waals surface area contributed by atoms with Crippen molar-refractivity contribution in [3.05, 3.63) is 0 Å². The Bertz CT molecular complexity index is 282. The minimum Gasteiger partial charge on any atom is -0.356 e. The third-order valence-electron chi connectivity index (χ3n) is 4.84. The van der Waals surface area contributed by atoms with E-state index in [0.717, 1.165) is 38.4 Å². The number of amides is 1. The summed E-state index contributed by atoms with van der Waals surface area (Å²) in [5.74, 6) is 1.29. The Morgan fingerprint density at radius 1 is 1.33 bits per heavy atom. The molecule has 18 heavy (non-hydrogen) atoms. The van der Waals surface area contributed by atoms with Gasteiger partial charge in [0.25, 0.3) is 0 Å². The number of carbonyl (C=O) groups excluding carboxylic acids is 1. The topological polar surface area (TPSA) is 41.1 Å². The summed E-state index contributed by atoms with van der Waals surface area (Å²) >= 11 is 0. The van der Waals surface area contributed by atoms with Gasteiger partial charge in [-0.25, -0.2) is 0 Å². The largest absolute Gasteiger partial charge is 0.356 e. The number of hydrogen-bond donors (Lipinski definition) is 2. The van der Waals surface area contributed by atoms with Crippen LogP contribution in [0.1, 0.15) is 52.4 Å². The highest BCUT2D eigenvalue weighted by Gasteiger charge is 2.36. The predicted molar refractivity (Wildman–Crippen MR) is 74.3 cm³/mol. The van der Waals surface area contributed by atoms with Crippen LogP contribution in [0.15, 0.2) is 0 Å². The lowest BCUT2D eigenvalue weighted by Crippen LogP contribution is -2.41. The first-order valence-electron chi connectivity index (χ1n) is 7.58. The fraction of sp³-hybridized carbons (Fsp3) is 0.933. The van der Waals surface area contributed by atoms with Gasteiger partial charge in [0.05, 0.1) is 0 Å². The van der Waals surface area contributed by atoms with Gasteiger partial charge in [0.2, 0.25) is 5.91 Å². The summed E-state index contributed by atoms with van der Waals surface area (Å²) in [7, 11) is 0. The number of hydrogen-bond acceptors (Lipinski definition) is 2. The predicted octanol–water partition coefficient (Wildman–Crippen LogP) is 2.32. The maximum Gasteiger partial charge on any atom is 0.223 e. The van der Waals surface area contributed by atoms with E-state index in [1.807, 2.05) is 0 Å². The molecule has 104 valence electrons. The molecular weight excluding hydrogens is 224 g/mol. The van der Waals surface area contributed by atoms with Crippen molar-refractivity contribution in [2.75, 3.05) is 19.6 Å². The van der Waals surface area contributed by atoms with Crippen LogP contribution in [0, 0.1) is 17.3 Å². The molecule has 3 heteroatoms. The van der Waals surface area contributed by atoms with Crippen molar-refractivity contribution < 1.29 is 4.79 Å². The normalized spacial score (nSPS) is 31.2. The zero-order chi connectivity index (χ0) is 13.0. The first-order valence-corrected chi connectivity index (χ1v) is 7.58. The van der Waals surface area contributed by atoms with Crippen molar-refractivity contribution in [1.82, 2.24) is 10.6 Å². The molecular formula is C15H28N2O. The van der Waals surface area contributed by atoms with Crippen LogP contribution in [0.2, 0.25) is 0 Å². The molecule has 1 aliphatic heterocycles. The van der Waals surface area contributed by atoms with E-state index < -0.39 is 0 Å². The SMILES string of the molecule is CC1(C)CCCCC1C(=O)NCCC1CCNC1. The van der Waals surface area contributed by atoms with Gasteiger partial charge in [-0.1, -0.05) is 26.7 Å². The Balaban J connectivity index is 1.73. The lowest BCUT2D eigenvalue weighted by molar-refractivity contribution is -0.130. The summed E-state index contributed by atoms with van der Waals surface area (Å²) in [4.78, 5) is 12.3. The summed E-state index contributed by atoms with van der Waals surface area (Å²) in [5, 5.41) is 6.54. The van der Waals surface area contributed by atoms with E-state index >= 15 is 0 Å². The molecule has 1 amide bonds. The van der Waals surface area contributed by atoms with Crippen molar-refractivity contribution in [2.45, 2.75) is 52.4 Å². The van der Waals surface area contributed by atoms with Gasteiger partial charge in [-0.2, -0.15) is 0 Å². The van der Waals surface area contributed by atoms with Gasteiger partial charge in [0.15, 0.2) is 0 Å². The Kier molecular flexibility index (Phi) is 4.66. The average molecular weight is 252 g/mol. The quantitative estimate of drug-likeness (QED) is 0.806. The molecule has 2 N–H and O–H groups in total. The highest BCUT2D eigenvalue weighted by molar-refractivity contribution is 5.79. The molecule has 1 heterocycles. The smallest absolute Gasteiger partial charge is 0.223 e. The van der Waals surface area contributed by atoms with E-state index in [-0.39, 0.29) is 11.3 Å². The van der Waals surface area contributed by atoms with Crippen LogP contribution in [0.5, 0.6) is 0 Å². The van der Waals surface area contributed by atoms with Crippen molar-refractivity contribution in [2.24, 2.45) is 17.3 Å². The summed E-state index contributed by atoms with van der Waals surface area (Å²) in [6, 6.07) is 0. The standard InChI is InChI=1S/C15H28N2O/c1-15(2)8-4-3-5-13(15)14(18)17-10-7-12-6-9-16-11-12/h12-13,16H,3-11H2,1-2H3,(H,17,18). The minimum atomic E-state index is 0.192. The molecule has 0 aromatic heterocycles. The summed E-state index contributed by atoms with van der Waals surface area (Å²) < 4.78 is 0.